The average molecular weight is 167 g/mol. The van der Waals surface area contributed by atoms with E-state index in [0.29, 0.717) is 6.54 Å². The molecular formula is C8H7ClN2. The number of para-hydroxylation sites is 2. The normalized spacial score (nSPS) is 21.4. The molecule has 0 bridgehead atoms. The minimum absolute atomic E-state index is 0.176. The third kappa shape index (κ3) is 1.26. The van der Waals surface area contributed by atoms with Crippen LogP contribution in [0.15, 0.2) is 34.3 Å². The van der Waals surface area contributed by atoms with Gasteiger partial charge in [-0.25, -0.2) is 0 Å². The zero-order valence-corrected chi connectivity index (χ0v) is 6.62. The second-order valence-electron chi connectivity index (χ2n) is 2.39. The lowest BCUT2D eigenvalue weighted by Gasteiger charge is -2.03. The fourth-order valence-corrected chi connectivity index (χ4v) is 1.25. The summed E-state index contributed by atoms with van der Waals surface area (Å²) in [5.74, 6) is 0. The van der Waals surface area contributed by atoms with E-state index in [2.05, 4.69) is 9.98 Å². The molecule has 2 nitrogen and oxygen atoms in total. The van der Waals surface area contributed by atoms with Gasteiger partial charge in [-0.1, -0.05) is 23.7 Å². The fourth-order valence-electron chi connectivity index (χ4n) is 1.07. The maximum atomic E-state index is 5.78. The molecule has 1 aromatic carbocycles. The SMILES string of the molecule is ClC1CN=c2ccccc2=N1. The molecule has 0 fully saturated rings. The second-order valence-corrected chi connectivity index (χ2v) is 2.90. The van der Waals surface area contributed by atoms with Gasteiger partial charge in [-0.2, -0.15) is 0 Å². The summed E-state index contributed by atoms with van der Waals surface area (Å²) in [7, 11) is 0. The Hall–Kier alpha value is -0.890. The topological polar surface area (TPSA) is 24.7 Å². The standard InChI is InChI=1S/C8H7ClN2/c9-8-5-10-6-3-1-2-4-7(6)11-8/h1-4,8H,5H2. The van der Waals surface area contributed by atoms with Crippen molar-refractivity contribution in [1.29, 1.82) is 0 Å². The van der Waals surface area contributed by atoms with Crippen molar-refractivity contribution in [2.24, 2.45) is 9.98 Å². The Morgan fingerprint density at radius 1 is 1.27 bits per heavy atom. The van der Waals surface area contributed by atoms with Gasteiger partial charge in [-0.3, -0.25) is 9.98 Å². The molecule has 0 amide bonds. The van der Waals surface area contributed by atoms with Crippen LogP contribution in [0, 0.1) is 0 Å². The highest BCUT2D eigenvalue weighted by Crippen LogP contribution is 1.97. The molecule has 1 aliphatic rings. The van der Waals surface area contributed by atoms with E-state index in [0.717, 1.165) is 10.7 Å². The summed E-state index contributed by atoms with van der Waals surface area (Å²) in [6.45, 7) is 0.596. The highest BCUT2D eigenvalue weighted by atomic mass is 35.5. The van der Waals surface area contributed by atoms with Crippen LogP contribution in [-0.4, -0.2) is 12.0 Å². The lowest BCUT2D eigenvalue weighted by Crippen LogP contribution is -2.31. The van der Waals surface area contributed by atoms with Crippen LogP contribution < -0.4 is 10.7 Å². The van der Waals surface area contributed by atoms with Gasteiger partial charge in [0.1, 0.15) is 5.50 Å². The molecular weight excluding hydrogens is 160 g/mol. The van der Waals surface area contributed by atoms with Crippen LogP contribution in [0.5, 0.6) is 0 Å². The van der Waals surface area contributed by atoms with E-state index < -0.39 is 0 Å². The molecule has 56 valence electrons. The van der Waals surface area contributed by atoms with Gasteiger partial charge < -0.3 is 0 Å². The number of nitrogens with zero attached hydrogens (tertiary/aromatic N) is 2. The molecule has 0 aromatic heterocycles. The summed E-state index contributed by atoms with van der Waals surface area (Å²) in [5, 5.41) is 1.85. The first-order chi connectivity index (χ1) is 5.36. The van der Waals surface area contributed by atoms with Crippen molar-refractivity contribution in [2.75, 3.05) is 6.54 Å². The van der Waals surface area contributed by atoms with Crippen molar-refractivity contribution < 1.29 is 0 Å². The van der Waals surface area contributed by atoms with Crippen LogP contribution in [0.3, 0.4) is 0 Å². The maximum absolute atomic E-state index is 5.78. The Morgan fingerprint density at radius 3 is 2.82 bits per heavy atom. The molecule has 11 heavy (non-hydrogen) atoms. The lowest BCUT2D eigenvalue weighted by molar-refractivity contribution is 0.808. The first-order valence-corrected chi connectivity index (χ1v) is 3.91. The minimum Gasteiger partial charge on any atom is -0.280 e. The van der Waals surface area contributed by atoms with Crippen molar-refractivity contribution in [2.45, 2.75) is 5.50 Å². The van der Waals surface area contributed by atoms with E-state index in [1.54, 1.807) is 0 Å². The molecule has 0 N–H and O–H groups in total. The third-order valence-corrected chi connectivity index (χ3v) is 1.81. The van der Waals surface area contributed by atoms with Crippen LogP contribution in [0.2, 0.25) is 0 Å². The van der Waals surface area contributed by atoms with Crippen molar-refractivity contribution >= 4 is 11.6 Å². The second kappa shape index (κ2) is 2.62. The predicted octanol–water partition coefficient (Wildman–Crippen LogP) is 0.504. The number of hydrogen-bond acceptors (Lipinski definition) is 2. The Labute approximate surface area is 69.2 Å². The molecule has 0 radical (unpaired) electrons. The monoisotopic (exact) mass is 166 g/mol. The molecule has 1 heterocycles. The average Bonchev–Trinajstić information content (AvgIpc) is 2.04. The Morgan fingerprint density at radius 2 is 2.00 bits per heavy atom. The Bertz CT molecular complexity index is 372. The summed E-state index contributed by atoms with van der Waals surface area (Å²) in [5.41, 5.74) is -0.176. The highest BCUT2D eigenvalue weighted by Gasteiger charge is 2.03. The van der Waals surface area contributed by atoms with Gasteiger partial charge in [0.15, 0.2) is 0 Å². The summed E-state index contributed by atoms with van der Waals surface area (Å²) < 4.78 is 0. The van der Waals surface area contributed by atoms with E-state index in [1.165, 1.54) is 0 Å². The molecule has 3 heteroatoms. The zero-order chi connectivity index (χ0) is 7.68. The van der Waals surface area contributed by atoms with Crippen molar-refractivity contribution in [3.63, 3.8) is 0 Å². The van der Waals surface area contributed by atoms with E-state index in [1.807, 2.05) is 24.3 Å². The van der Waals surface area contributed by atoms with Crippen molar-refractivity contribution in [1.82, 2.24) is 0 Å². The van der Waals surface area contributed by atoms with Gasteiger partial charge in [0.05, 0.1) is 17.3 Å². The first-order valence-electron chi connectivity index (χ1n) is 3.48. The number of rotatable bonds is 0. The van der Waals surface area contributed by atoms with Gasteiger partial charge in [0, 0.05) is 0 Å². The van der Waals surface area contributed by atoms with Crippen molar-refractivity contribution in [3.8, 4) is 0 Å². The quantitative estimate of drug-likeness (QED) is 0.396. The maximum Gasteiger partial charge on any atom is 0.144 e. The number of hydrogen-bond donors (Lipinski definition) is 0. The molecule has 2 rings (SSSR count). The van der Waals surface area contributed by atoms with Gasteiger partial charge in [0.25, 0.3) is 0 Å². The largest absolute Gasteiger partial charge is 0.280 e. The number of benzene rings is 1. The van der Waals surface area contributed by atoms with Crippen LogP contribution >= 0.6 is 11.6 Å². The molecule has 1 aromatic rings. The van der Waals surface area contributed by atoms with Crippen LogP contribution in [0.1, 0.15) is 0 Å². The van der Waals surface area contributed by atoms with Gasteiger partial charge in [-0.15, -0.1) is 0 Å². The molecule has 1 unspecified atom stereocenters. The number of halogens is 1. The van der Waals surface area contributed by atoms with E-state index >= 15 is 0 Å². The summed E-state index contributed by atoms with van der Waals surface area (Å²) in [6, 6.07) is 7.76. The molecule has 0 saturated heterocycles. The van der Waals surface area contributed by atoms with E-state index in [9.17, 15) is 0 Å². The smallest absolute Gasteiger partial charge is 0.144 e. The Kier molecular flexibility index (Phi) is 1.62. The molecule has 1 aliphatic heterocycles. The Balaban J connectivity index is 2.73. The van der Waals surface area contributed by atoms with Gasteiger partial charge in [-0.05, 0) is 12.1 Å². The summed E-state index contributed by atoms with van der Waals surface area (Å²) in [4.78, 5) is 8.47. The van der Waals surface area contributed by atoms with E-state index in [-0.39, 0.29) is 5.50 Å². The number of alkyl halides is 1. The predicted molar refractivity (Wildman–Crippen MR) is 43.3 cm³/mol. The van der Waals surface area contributed by atoms with Crippen LogP contribution in [-0.2, 0) is 0 Å². The molecule has 0 saturated carbocycles. The van der Waals surface area contributed by atoms with Crippen LogP contribution in [0.25, 0.3) is 0 Å². The summed E-state index contributed by atoms with van der Waals surface area (Å²) >= 11 is 5.78. The van der Waals surface area contributed by atoms with Crippen molar-refractivity contribution in [3.05, 3.63) is 35.0 Å². The summed E-state index contributed by atoms with van der Waals surface area (Å²) in [6.07, 6.45) is 0. The third-order valence-electron chi connectivity index (χ3n) is 1.57. The first kappa shape index (κ1) is 6.80. The van der Waals surface area contributed by atoms with Gasteiger partial charge >= 0.3 is 0 Å². The van der Waals surface area contributed by atoms with Crippen LogP contribution in [0.4, 0.5) is 0 Å². The molecule has 0 spiro atoms. The zero-order valence-electron chi connectivity index (χ0n) is 5.87. The molecule has 0 aliphatic carbocycles. The molecule has 1 atom stereocenters. The fraction of sp³-hybridized carbons (Fsp3) is 0.250. The van der Waals surface area contributed by atoms with Gasteiger partial charge in [0.2, 0.25) is 0 Å². The highest BCUT2D eigenvalue weighted by molar-refractivity contribution is 6.20. The minimum atomic E-state index is -0.176. The number of fused-ring (bicyclic) bond motifs is 1. The lowest BCUT2D eigenvalue weighted by atomic mass is 10.3. The van der Waals surface area contributed by atoms with E-state index in [4.69, 9.17) is 11.6 Å².